The lowest BCUT2D eigenvalue weighted by molar-refractivity contribution is -0.142. The summed E-state index contributed by atoms with van der Waals surface area (Å²) in [5.74, 6) is 0.132. The third-order valence-corrected chi connectivity index (χ3v) is 4.55. The van der Waals surface area contributed by atoms with Gasteiger partial charge in [0.1, 0.15) is 0 Å². The standard InChI is InChI=1S/C16H25ClN2O/c1-4-16(5-2,12-18)15(20)19(6-3)11-13-9-7-8-10-14(13)17/h7-10H,4-6,11-12,18H2,1-3H3. The van der Waals surface area contributed by atoms with Crippen LogP contribution in [0.4, 0.5) is 0 Å². The molecule has 0 bridgehead atoms. The highest BCUT2D eigenvalue weighted by molar-refractivity contribution is 6.31. The van der Waals surface area contributed by atoms with Crippen LogP contribution in [0.3, 0.4) is 0 Å². The molecule has 4 heteroatoms. The molecule has 0 spiro atoms. The van der Waals surface area contributed by atoms with E-state index in [-0.39, 0.29) is 5.91 Å². The van der Waals surface area contributed by atoms with Crippen LogP contribution in [0.25, 0.3) is 0 Å². The third kappa shape index (κ3) is 3.53. The lowest BCUT2D eigenvalue weighted by Gasteiger charge is -2.35. The van der Waals surface area contributed by atoms with Crippen molar-refractivity contribution in [1.29, 1.82) is 0 Å². The summed E-state index contributed by atoms with van der Waals surface area (Å²) in [6, 6.07) is 7.65. The monoisotopic (exact) mass is 296 g/mol. The Labute approximate surface area is 127 Å². The molecule has 1 amide bonds. The summed E-state index contributed by atoms with van der Waals surface area (Å²) in [6.07, 6.45) is 1.52. The smallest absolute Gasteiger partial charge is 0.230 e. The van der Waals surface area contributed by atoms with Crippen LogP contribution in [0.15, 0.2) is 24.3 Å². The number of benzene rings is 1. The van der Waals surface area contributed by atoms with Gasteiger partial charge < -0.3 is 10.6 Å². The topological polar surface area (TPSA) is 46.3 Å². The quantitative estimate of drug-likeness (QED) is 0.837. The summed E-state index contributed by atoms with van der Waals surface area (Å²) in [7, 11) is 0. The predicted molar refractivity (Wildman–Crippen MR) is 84.6 cm³/mol. The Balaban J connectivity index is 2.96. The van der Waals surface area contributed by atoms with Crippen LogP contribution in [-0.4, -0.2) is 23.9 Å². The number of carbonyl (C=O) groups excluding carboxylic acids is 1. The van der Waals surface area contributed by atoms with Crippen molar-refractivity contribution in [3.8, 4) is 0 Å². The average Bonchev–Trinajstić information content (AvgIpc) is 2.48. The minimum atomic E-state index is -0.447. The maximum Gasteiger partial charge on any atom is 0.230 e. The first-order valence-electron chi connectivity index (χ1n) is 7.27. The van der Waals surface area contributed by atoms with Gasteiger partial charge in [-0.25, -0.2) is 0 Å². The zero-order chi connectivity index (χ0) is 15.2. The number of amides is 1. The third-order valence-electron chi connectivity index (χ3n) is 4.19. The van der Waals surface area contributed by atoms with Crippen molar-refractivity contribution >= 4 is 17.5 Å². The van der Waals surface area contributed by atoms with Crippen molar-refractivity contribution in [3.63, 3.8) is 0 Å². The van der Waals surface area contributed by atoms with Gasteiger partial charge in [-0.3, -0.25) is 4.79 Å². The second-order valence-corrected chi connectivity index (χ2v) is 5.51. The molecule has 0 saturated carbocycles. The number of carbonyl (C=O) groups is 1. The van der Waals surface area contributed by atoms with Crippen molar-refractivity contribution in [1.82, 2.24) is 4.90 Å². The lowest BCUT2D eigenvalue weighted by atomic mass is 9.81. The van der Waals surface area contributed by atoms with Gasteiger partial charge in [-0.2, -0.15) is 0 Å². The van der Waals surface area contributed by atoms with Gasteiger partial charge in [-0.15, -0.1) is 0 Å². The van der Waals surface area contributed by atoms with E-state index in [4.69, 9.17) is 17.3 Å². The van der Waals surface area contributed by atoms with Crippen LogP contribution < -0.4 is 5.73 Å². The van der Waals surface area contributed by atoms with Crippen LogP contribution in [-0.2, 0) is 11.3 Å². The number of halogens is 1. The first kappa shape index (κ1) is 17.0. The molecule has 3 nitrogen and oxygen atoms in total. The van der Waals surface area contributed by atoms with Gasteiger partial charge in [0.25, 0.3) is 0 Å². The molecule has 0 radical (unpaired) electrons. The molecule has 20 heavy (non-hydrogen) atoms. The Kier molecular flexibility index (Phi) is 6.50. The molecule has 2 N–H and O–H groups in total. The van der Waals surface area contributed by atoms with Crippen LogP contribution in [0, 0.1) is 5.41 Å². The van der Waals surface area contributed by atoms with E-state index in [2.05, 4.69) is 0 Å². The number of nitrogens with zero attached hydrogens (tertiary/aromatic N) is 1. The predicted octanol–water partition coefficient (Wildman–Crippen LogP) is 3.45. The normalized spacial score (nSPS) is 11.4. The molecule has 0 aliphatic heterocycles. The van der Waals surface area contributed by atoms with Crippen molar-refractivity contribution < 1.29 is 4.79 Å². The van der Waals surface area contributed by atoms with E-state index in [1.165, 1.54) is 0 Å². The highest BCUT2D eigenvalue weighted by Crippen LogP contribution is 2.29. The Bertz CT molecular complexity index is 436. The Morgan fingerprint density at radius 1 is 1.25 bits per heavy atom. The molecular weight excluding hydrogens is 272 g/mol. The van der Waals surface area contributed by atoms with Gasteiger partial charge in [0.15, 0.2) is 0 Å². The number of rotatable bonds is 7. The maximum absolute atomic E-state index is 12.8. The van der Waals surface area contributed by atoms with Crippen LogP contribution in [0.2, 0.25) is 5.02 Å². The molecule has 112 valence electrons. The average molecular weight is 297 g/mol. The number of hydrogen-bond acceptors (Lipinski definition) is 2. The first-order chi connectivity index (χ1) is 9.54. The van der Waals surface area contributed by atoms with Gasteiger partial charge in [0, 0.05) is 24.7 Å². The van der Waals surface area contributed by atoms with Gasteiger partial charge in [-0.05, 0) is 31.4 Å². The van der Waals surface area contributed by atoms with E-state index in [0.29, 0.717) is 24.7 Å². The highest BCUT2D eigenvalue weighted by Gasteiger charge is 2.36. The van der Waals surface area contributed by atoms with Crippen LogP contribution in [0.5, 0.6) is 0 Å². The summed E-state index contributed by atoms with van der Waals surface area (Å²) in [5, 5.41) is 0.699. The van der Waals surface area contributed by atoms with Gasteiger partial charge in [0.05, 0.1) is 5.41 Å². The minimum absolute atomic E-state index is 0.132. The van der Waals surface area contributed by atoms with E-state index in [1.807, 2.05) is 49.9 Å². The second-order valence-electron chi connectivity index (χ2n) is 5.10. The molecule has 0 unspecified atom stereocenters. The van der Waals surface area contributed by atoms with E-state index in [9.17, 15) is 4.79 Å². The summed E-state index contributed by atoms with van der Waals surface area (Å²) < 4.78 is 0. The van der Waals surface area contributed by atoms with Crippen molar-refractivity contribution in [2.75, 3.05) is 13.1 Å². The molecule has 0 saturated heterocycles. The SMILES string of the molecule is CCN(Cc1ccccc1Cl)C(=O)C(CC)(CC)CN. The van der Waals surface area contributed by atoms with Crippen molar-refractivity contribution in [2.45, 2.75) is 40.2 Å². The van der Waals surface area contributed by atoms with Crippen molar-refractivity contribution in [3.05, 3.63) is 34.9 Å². The summed E-state index contributed by atoms with van der Waals surface area (Å²) in [5.41, 5.74) is 6.40. The van der Waals surface area contributed by atoms with E-state index >= 15 is 0 Å². The molecule has 0 aliphatic rings. The molecule has 0 fully saturated rings. The van der Waals surface area contributed by atoms with E-state index in [0.717, 1.165) is 18.4 Å². The molecule has 0 atom stereocenters. The summed E-state index contributed by atoms with van der Waals surface area (Å²) in [4.78, 5) is 14.7. The van der Waals surface area contributed by atoms with Crippen molar-refractivity contribution in [2.24, 2.45) is 11.1 Å². The fourth-order valence-corrected chi connectivity index (χ4v) is 2.62. The van der Waals surface area contributed by atoms with Crippen LogP contribution in [0.1, 0.15) is 39.2 Å². The number of hydrogen-bond donors (Lipinski definition) is 1. The van der Waals surface area contributed by atoms with E-state index < -0.39 is 5.41 Å². The Morgan fingerprint density at radius 3 is 2.30 bits per heavy atom. The largest absolute Gasteiger partial charge is 0.338 e. The molecule has 1 rings (SSSR count). The van der Waals surface area contributed by atoms with Gasteiger partial charge >= 0.3 is 0 Å². The summed E-state index contributed by atoms with van der Waals surface area (Å²) >= 11 is 6.18. The molecule has 0 heterocycles. The number of nitrogens with two attached hydrogens (primary N) is 1. The second kappa shape index (κ2) is 7.65. The zero-order valence-corrected chi connectivity index (χ0v) is 13.4. The van der Waals surface area contributed by atoms with Gasteiger partial charge in [0.2, 0.25) is 5.91 Å². The summed E-state index contributed by atoms with van der Waals surface area (Å²) in [6.45, 7) is 7.62. The molecule has 0 aromatic heterocycles. The Morgan fingerprint density at radius 2 is 1.85 bits per heavy atom. The molecule has 1 aromatic carbocycles. The van der Waals surface area contributed by atoms with E-state index in [1.54, 1.807) is 0 Å². The minimum Gasteiger partial charge on any atom is -0.338 e. The zero-order valence-electron chi connectivity index (χ0n) is 12.7. The highest BCUT2D eigenvalue weighted by atomic mass is 35.5. The molecule has 0 aliphatic carbocycles. The maximum atomic E-state index is 12.8. The van der Waals surface area contributed by atoms with Gasteiger partial charge in [-0.1, -0.05) is 43.6 Å². The fraction of sp³-hybridized carbons (Fsp3) is 0.562. The molecule has 1 aromatic rings. The lowest BCUT2D eigenvalue weighted by Crippen LogP contribution is -2.47. The molecular formula is C16H25ClN2O. The Hall–Kier alpha value is -1.06. The first-order valence-corrected chi connectivity index (χ1v) is 7.65. The fourth-order valence-electron chi connectivity index (χ4n) is 2.42. The van der Waals surface area contributed by atoms with Crippen LogP contribution >= 0.6 is 11.6 Å².